The minimum Gasteiger partial charge on any atom is -0.324 e. The molecular weight excluding hydrogens is 312 g/mol. The van der Waals surface area contributed by atoms with Gasteiger partial charge in [-0.2, -0.15) is 0 Å². The molecule has 1 aliphatic rings. The van der Waals surface area contributed by atoms with Crippen molar-refractivity contribution in [3.05, 3.63) is 51.2 Å². The Hall–Kier alpha value is -0.770. The van der Waals surface area contributed by atoms with Gasteiger partial charge in [0.1, 0.15) is 0 Å². The number of halogens is 2. The molecule has 1 atom stereocenters. The fourth-order valence-electron chi connectivity index (χ4n) is 2.60. The molecule has 1 aromatic heterocycles. The summed E-state index contributed by atoms with van der Waals surface area (Å²) in [6.07, 6.45) is 5.42. The number of nitrogens with two attached hydrogens (primary N) is 1. The Labute approximate surface area is 120 Å². The summed E-state index contributed by atoms with van der Waals surface area (Å²) in [5.74, 6) is 0. The number of hydrogen-bond donors (Lipinski definition) is 1. The minimum absolute atomic E-state index is 0.181. The van der Waals surface area contributed by atoms with Crippen LogP contribution < -0.4 is 5.73 Å². The molecule has 0 saturated heterocycles. The Balaban J connectivity index is 2.09. The van der Waals surface area contributed by atoms with Crippen molar-refractivity contribution in [1.29, 1.82) is 0 Å². The Bertz CT molecular complexity index is 591. The van der Waals surface area contributed by atoms with Gasteiger partial charge in [0.05, 0.1) is 5.02 Å². The second kappa shape index (κ2) is 4.72. The molecule has 0 spiro atoms. The van der Waals surface area contributed by atoms with E-state index < -0.39 is 0 Å². The molecule has 18 heavy (non-hydrogen) atoms. The summed E-state index contributed by atoms with van der Waals surface area (Å²) in [7, 11) is 0. The maximum absolute atomic E-state index is 6.16. The van der Waals surface area contributed by atoms with Gasteiger partial charge >= 0.3 is 0 Å². The second-order valence-electron chi connectivity index (χ2n) is 4.68. The third kappa shape index (κ3) is 2.00. The molecule has 2 nitrogen and oxygen atoms in total. The van der Waals surface area contributed by atoms with E-state index in [4.69, 9.17) is 17.3 Å². The third-order valence-electron chi connectivity index (χ3n) is 3.54. The van der Waals surface area contributed by atoms with Crippen LogP contribution in [-0.4, -0.2) is 4.57 Å². The van der Waals surface area contributed by atoms with E-state index in [-0.39, 0.29) is 6.04 Å². The molecule has 0 aliphatic heterocycles. The maximum Gasteiger partial charge on any atom is 0.0568 e. The Morgan fingerprint density at radius 3 is 2.94 bits per heavy atom. The van der Waals surface area contributed by atoms with Crippen LogP contribution in [0.4, 0.5) is 0 Å². The molecule has 94 valence electrons. The average molecular weight is 326 g/mol. The summed E-state index contributed by atoms with van der Waals surface area (Å²) >= 11 is 9.57. The summed E-state index contributed by atoms with van der Waals surface area (Å²) in [4.78, 5) is 0. The number of aromatic nitrogens is 1. The van der Waals surface area contributed by atoms with E-state index in [1.807, 2.05) is 12.1 Å². The highest BCUT2D eigenvalue weighted by atomic mass is 79.9. The van der Waals surface area contributed by atoms with Crippen LogP contribution in [0.3, 0.4) is 0 Å². The summed E-state index contributed by atoms with van der Waals surface area (Å²) < 4.78 is 3.12. The van der Waals surface area contributed by atoms with Gasteiger partial charge in [-0.3, -0.25) is 0 Å². The van der Waals surface area contributed by atoms with Crippen LogP contribution in [0.2, 0.25) is 5.02 Å². The van der Waals surface area contributed by atoms with E-state index >= 15 is 0 Å². The number of fused-ring (bicyclic) bond motifs is 1. The minimum atomic E-state index is 0.181. The van der Waals surface area contributed by atoms with Gasteiger partial charge in [-0.25, -0.2) is 0 Å². The zero-order valence-corrected chi connectivity index (χ0v) is 12.2. The Morgan fingerprint density at radius 2 is 2.17 bits per heavy atom. The van der Waals surface area contributed by atoms with Gasteiger partial charge in [-0.05, 0) is 65.0 Å². The van der Waals surface area contributed by atoms with Gasteiger partial charge in [0.15, 0.2) is 0 Å². The van der Waals surface area contributed by atoms with E-state index in [1.54, 1.807) is 0 Å². The fourth-order valence-corrected chi connectivity index (χ4v) is 3.03. The van der Waals surface area contributed by atoms with Crippen molar-refractivity contribution in [2.75, 3.05) is 0 Å². The Morgan fingerprint density at radius 1 is 1.33 bits per heavy atom. The summed E-state index contributed by atoms with van der Waals surface area (Å²) in [5, 5.41) is 0.732. The third-order valence-corrected chi connectivity index (χ3v) is 4.77. The monoisotopic (exact) mass is 324 g/mol. The van der Waals surface area contributed by atoms with Crippen molar-refractivity contribution >= 4 is 27.5 Å². The molecule has 1 heterocycles. The molecule has 2 N–H and O–H groups in total. The lowest BCUT2D eigenvalue weighted by Gasteiger charge is -2.21. The van der Waals surface area contributed by atoms with Crippen molar-refractivity contribution in [3.63, 3.8) is 0 Å². The molecule has 0 bridgehead atoms. The van der Waals surface area contributed by atoms with Crippen LogP contribution in [0.5, 0.6) is 0 Å². The van der Waals surface area contributed by atoms with Gasteiger partial charge in [0, 0.05) is 28.1 Å². The quantitative estimate of drug-likeness (QED) is 0.836. The molecule has 3 rings (SSSR count). The number of benzene rings is 1. The molecular formula is C14H14BrClN2. The van der Waals surface area contributed by atoms with Crippen LogP contribution in [0.1, 0.15) is 30.1 Å². The summed E-state index contributed by atoms with van der Waals surface area (Å²) in [5.41, 5.74) is 9.84. The van der Waals surface area contributed by atoms with Crippen LogP contribution in [-0.2, 0) is 6.42 Å². The average Bonchev–Trinajstić information content (AvgIpc) is 2.78. The highest BCUT2D eigenvalue weighted by Gasteiger charge is 2.20. The number of hydrogen-bond acceptors (Lipinski definition) is 1. The van der Waals surface area contributed by atoms with Crippen LogP contribution in [0.15, 0.2) is 34.9 Å². The molecule has 1 unspecified atom stereocenters. The van der Waals surface area contributed by atoms with E-state index in [1.165, 1.54) is 11.3 Å². The molecule has 1 aromatic carbocycles. The summed E-state index contributed by atoms with van der Waals surface area (Å²) in [6.45, 7) is 0. The van der Waals surface area contributed by atoms with Crippen molar-refractivity contribution in [2.24, 2.45) is 5.73 Å². The smallest absolute Gasteiger partial charge is 0.0568 e. The lowest BCUT2D eigenvalue weighted by Crippen LogP contribution is -2.17. The van der Waals surface area contributed by atoms with E-state index in [9.17, 15) is 0 Å². The molecule has 4 heteroatoms. The number of nitrogens with zero attached hydrogens (tertiary/aromatic N) is 1. The topological polar surface area (TPSA) is 30.9 Å². The van der Waals surface area contributed by atoms with Crippen molar-refractivity contribution in [1.82, 2.24) is 4.57 Å². The highest BCUT2D eigenvalue weighted by Crippen LogP contribution is 2.32. The zero-order valence-electron chi connectivity index (χ0n) is 9.87. The molecule has 0 amide bonds. The second-order valence-corrected chi connectivity index (χ2v) is 5.95. The summed E-state index contributed by atoms with van der Waals surface area (Å²) in [6, 6.07) is 8.34. The first kappa shape index (κ1) is 12.3. The molecule has 0 saturated carbocycles. The van der Waals surface area contributed by atoms with Crippen LogP contribution in [0, 0.1) is 0 Å². The van der Waals surface area contributed by atoms with Gasteiger partial charge in [0.25, 0.3) is 0 Å². The van der Waals surface area contributed by atoms with Crippen molar-refractivity contribution in [3.8, 4) is 5.69 Å². The largest absolute Gasteiger partial charge is 0.324 e. The lowest BCUT2D eigenvalue weighted by atomic mass is 9.93. The fraction of sp³-hybridized carbons (Fsp3) is 0.286. The van der Waals surface area contributed by atoms with Crippen LogP contribution >= 0.6 is 27.5 Å². The molecule has 2 aromatic rings. The predicted octanol–water partition coefficient (Wildman–Crippen LogP) is 4.23. The SMILES string of the molecule is NC1CCCc2c1ccn2-c1ccc(Br)c(Cl)c1. The number of rotatable bonds is 1. The normalized spacial score (nSPS) is 18.7. The van der Waals surface area contributed by atoms with E-state index in [0.29, 0.717) is 0 Å². The lowest BCUT2D eigenvalue weighted by molar-refractivity contribution is 0.560. The maximum atomic E-state index is 6.16. The van der Waals surface area contributed by atoms with Crippen LogP contribution in [0.25, 0.3) is 5.69 Å². The zero-order chi connectivity index (χ0) is 12.7. The van der Waals surface area contributed by atoms with Crippen molar-refractivity contribution < 1.29 is 0 Å². The van der Waals surface area contributed by atoms with E-state index in [2.05, 4.69) is 38.8 Å². The van der Waals surface area contributed by atoms with Crippen molar-refractivity contribution in [2.45, 2.75) is 25.3 Å². The molecule has 0 radical (unpaired) electrons. The van der Waals surface area contributed by atoms with E-state index in [0.717, 1.165) is 34.4 Å². The highest BCUT2D eigenvalue weighted by molar-refractivity contribution is 9.10. The van der Waals surface area contributed by atoms with Gasteiger partial charge < -0.3 is 10.3 Å². The van der Waals surface area contributed by atoms with Gasteiger partial charge in [0.2, 0.25) is 0 Å². The first-order valence-electron chi connectivity index (χ1n) is 6.08. The first-order chi connectivity index (χ1) is 8.66. The Kier molecular flexibility index (Phi) is 3.22. The predicted molar refractivity (Wildman–Crippen MR) is 78.3 cm³/mol. The molecule has 1 aliphatic carbocycles. The molecule has 0 fully saturated rings. The first-order valence-corrected chi connectivity index (χ1v) is 7.25. The van der Waals surface area contributed by atoms with Gasteiger partial charge in [-0.1, -0.05) is 11.6 Å². The standard InChI is InChI=1S/C14H14BrClN2/c15-11-5-4-9(8-12(11)16)18-7-6-10-13(17)2-1-3-14(10)18/h4-8,13H,1-3,17H2. The van der Waals surface area contributed by atoms with Gasteiger partial charge in [-0.15, -0.1) is 0 Å².